The van der Waals surface area contributed by atoms with Crippen molar-refractivity contribution in [3.63, 3.8) is 0 Å². The van der Waals surface area contributed by atoms with Gasteiger partial charge in [0, 0.05) is 12.4 Å². The highest BCUT2D eigenvalue weighted by Crippen LogP contribution is 2.15. The molecule has 0 aromatic carbocycles. The number of rotatable bonds is 4. The second-order valence-corrected chi connectivity index (χ2v) is 3.83. The van der Waals surface area contributed by atoms with Gasteiger partial charge in [0.2, 0.25) is 0 Å². The van der Waals surface area contributed by atoms with Gasteiger partial charge in [-0.25, -0.2) is 9.67 Å². The smallest absolute Gasteiger partial charge is 0.292 e. The van der Waals surface area contributed by atoms with Crippen LogP contribution in [0.1, 0.15) is 5.82 Å². The van der Waals surface area contributed by atoms with E-state index in [9.17, 15) is 4.79 Å². The van der Waals surface area contributed by atoms with E-state index in [1.807, 2.05) is 0 Å². The van der Waals surface area contributed by atoms with Gasteiger partial charge in [0.1, 0.15) is 18.1 Å². The maximum absolute atomic E-state index is 12.0. The Hall–Kier alpha value is -2.26. The largest absolute Gasteiger partial charge is 0.372 e. The van der Waals surface area contributed by atoms with Crippen LogP contribution in [0.15, 0.2) is 23.4 Å². The van der Waals surface area contributed by atoms with Crippen molar-refractivity contribution in [3.8, 4) is 12.3 Å². The standard InChI is InChI=1S/C11H10ClN5O/c1-2-5-17-11(18)10(8(12)6-16-17)15-7-9-13-3-4-14-9/h1,3-4,6,15H,5,7H2,(H,13,14). The number of nitrogens with one attached hydrogen (secondary N) is 2. The van der Waals surface area contributed by atoms with E-state index in [1.54, 1.807) is 12.4 Å². The molecule has 18 heavy (non-hydrogen) atoms. The molecule has 0 saturated carbocycles. The highest BCUT2D eigenvalue weighted by molar-refractivity contribution is 6.32. The normalized spacial score (nSPS) is 10.0. The van der Waals surface area contributed by atoms with Gasteiger partial charge in [-0.15, -0.1) is 6.42 Å². The third-order valence-electron chi connectivity index (χ3n) is 2.23. The third-order valence-corrected chi connectivity index (χ3v) is 2.51. The molecule has 2 aromatic rings. The van der Waals surface area contributed by atoms with Crippen molar-refractivity contribution >= 4 is 17.3 Å². The summed E-state index contributed by atoms with van der Waals surface area (Å²) in [5.41, 5.74) is -0.0923. The first-order chi connectivity index (χ1) is 8.72. The molecule has 2 heterocycles. The molecule has 0 saturated heterocycles. The quantitative estimate of drug-likeness (QED) is 0.803. The van der Waals surface area contributed by atoms with Crippen LogP contribution < -0.4 is 10.9 Å². The van der Waals surface area contributed by atoms with Crippen molar-refractivity contribution in [1.29, 1.82) is 0 Å². The second-order valence-electron chi connectivity index (χ2n) is 3.42. The fourth-order valence-corrected chi connectivity index (χ4v) is 1.59. The van der Waals surface area contributed by atoms with Crippen molar-refractivity contribution in [2.24, 2.45) is 0 Å². The Morgan fingerprint density at radius 1 is 1.61 bits per heavy atom. The number of H-pyrrole nitrogens is 1. The molecule has 0 bridgehead atoms. The lowest BCUT2D eigenvalue weighted by atomic mass is 10.4. The number of aromatic amines is 1. The molecule has 92 valence electrons. The fourth-order valence-electron chi connectivity index (χ4n) is 1.39. The molecule has 0 aliphatic heterocycles. The van der Waals surface area contributed by atoms with Gasteiger partial charge in [-0.3, -0.25) is 4.79 Å². The summed E-state index contributed by atoms with van der Waals surface area (Å²) < 4.78 is 1.16. The average Bonchev–Trinajstić information content (AvgIpc) is 2.86. The van der Waals surface area contributed by atoms with Gasteiger partial charge in [0.15, 0.2) is 0 Å². The molecule has 7 heteroatoms. The van der Waals surface area contributed by atoms with Crippen LogP contribution in [0, 0.1) is 12.3 Å². The van der Waals surface area contributed by atoms with Crippen molar-refractivity contribution in [3.05, 3.63) is 39.8 Å². The fraction of sp³-hybridized carbons (Fsp3) is 0.182. The molecule has 2 N–H and O–H groups in total. The van der Waals surface area contributed by atoms with Crippen LogP contribution in [0.5, 0.6) is 0 Å². The molecule has 0 spiro atoms. The number of terminal acetylenes is 1. The predicted octanol–water partition coefficient (Wildman–Crippen LogP) is 0.865. The van der Waals surface area contributed by atoms with Gasteiger partial charge in [0.25, 0.3) is 5.56 Å². The zero-order valence-corrected chi connectivity index (χ0v) is 10.1. The minimum Gasteiger partial charge on any atom is -0.372 e. The number of imidazole rings is 1. The van der Waals surface area contributed by atoms with E-state index in [0.717, 1.165) is 4.68 Å². The first-order valence-electron chi connectivity index (χ1n) is 5.13. The van der Waals surface area contributed by atoms with E-state index >= 15 is 0 Å². The summed E-state index contributed by atoms with van der Waals surface area (Å²) in [6.45, 7) is 0.466. The molecule has 0 aliphatic rings. The van der Waals surface area contributed by atoms with Gasteiger partial charge in [-0.05, 0) is 0 Å². The zero-order chi connectivity index (χ0) is 13.0. The zero-order valence-electron chi connectivity index (χ0n) is 9.35. The minimum absolute atomic E-state index is 0.103. The van der Waals surface area contributed by atoms with E-state index in [0.29, 0.717) is 12.4 Å². The summed E-state index contributed by atoms with van der Waals surface area (Å²) in [4.78, 5) is 18.9. The lowest BCUT2D eigenvalue weighted by molar-refractivity contribution is 0.664. The number of halogens is 1. The van der Waals surface area contributed by atoms with E-state index in [2.05, 4.69) is 26.3 Å². The summed E-state index contributed by atoms with van der Waals surface area (Å²) >= 11 is 5.92. The molecular weight excluding hydrogens is 254 g/mol. The van der Waals surface area contributed by atoms with Crippen LogP contribution in [0.3, 0.4) is 0 Å². The Morgan fingerprint density at radius 2 is 2.44 bits per heavy atom. The molecule has 0 aliphatic carbocycles. The van der Waals surface area contributed by atoms with E-state index in [-0.39, 0.29) is 22.8 Å². The molecule has 0 atom stereocenters. The van der Waals surface area contributed by atoms with Gasteiger partial charge in [-0.1, -0.05) is 17.5 Å². The highest BCUT2D eigenvalue weighted by atomic mass is 35.5. The summed E-state index contributed by atoms with van der Waals surface area (Å²) in [6.07, 6.45) is 9.85. The van der Waals surface area contributed by atoms with Crippen LogP contribution in [0.4, 0.5) is 5.69 Å². The van der Waals surface area contributed by atoms with E-state index in [4.69, 9.17) is 18.0 Å². The van der Waals surface area contributed by atoms with Gasteiger partial charge in [-0.2, -0.15) is 5.10 Å². The third kappa shape index (κ3) is 2.52. The summed E-state index contributed by atoms with van der Waals surface area (Å²) in [6, 6.07) is 0. The van der Waals surface area contributed by atoms with Crippen LogP contribution in [-0.2, 0) is 13.1 Å². The Labute approximate surface area is 108 Å². The molecule has 0 unspecified atom stereocenters. The Morgan fingerprint density at radius 3 is 3.11 bits per heavy atom. The molecule has 0 fully saturated rings. The lowest BCUT2D eigenvalue weighted by Crippen LogP contribution is -2.25. The van der Waals surface area contributed by atoms with Crippen molar-refractivity contribution < 1.29 is 0 Å². The number of anilines is 1. The second kappa shape index (κ2) is 5.38. The first-order valence-corrected chi connectivity index (χ1v) is 5.51. The topological polar surface area (TPSA) is 75.6 Å². The summed E-state index contributed by atoms with van der Waals surface area (Å²) in [5, 5.41) is 7.00. The van der Waals surface area contributed by atoms with E-state index < -0.39 is 0 Å². The van der Waals surface area contributed by atoms with Crippen LogP contribution >= 0.6 is 11.6 Å². The maximum Gasteiger partial charge on any atom is 0.292 e. The molecular formula is C11H10ClN5O. The van der Waals surface area contributed by atoms with Gasteiger partial charge >= 0.3 is 0 Å². The molecule has 2 aromatic heterocycles. The Balaban J connectivity index is 2.24. The summed E-state index contributed by atoms with van der Waals surface area (Å²) in [7, 11) is 0. The SMILES string of the molecule is C#CCn1ncc(Cl)c(NCc2ncc[nH]2)c1=O. The van der Waals surface area contributed by atoms with Crippen LogP contribution in [-0.4, -0.2) is 19.7 Å². The number of hydrogen-bond donors (Lipinski definition) is 2. The molecule has 0 radical (unpaired) electrons. The average molecular weight is 264 g/mol. The Bertz CT molecular complexity index is 626. The predicted molar refractivity (Wildman–Crippen MR) is 68.3 cm³/mol. The monoisotopic (exact) mass is 263 g/mol. The number of aromatic nitrogens is 4. The lowest BCUT2D eigenvalue weighted by Gasteiger charge is -2.08. The Kier molecular flexibility index (Phi) is 3.65. The molecule has 0 amide bonds. The van der Waals surface area contributed by atoms with Crippen LogP contribution in [0.2, 0.25) is 5.02 Å². The van der Waals surface area contributed by atoms with E-state index in [1.165, 1.54) is 6.20 Å². The van der Waals surface area contributed by atoms with Crippen LogP contribution in [0.25, 0.3) is 0 Å². The molecule has 2 rings (SSSR count). The first kappa shape index (κ1) is 12.2. The maximum atomic E-state index is 12.0. The number of hydrogen-bond acceptors (Lipinski definition) is 4. The van der Waals surface area contributed by atoms with Gasteiger partial charge in [0.05, 0.1) is 17.8 Å². The highest BCUT2D eigenvalue weighted by Gasteiger charge is 2.09. The van der Waals surface area contributed by atoms with Crippen molar-refractivity contribution in [2.45, 2.75) is 13.1 Å². The minimum atomic E-state index is -0.355. The van der Waals surface area contributed by atoms with Gasteiger partial charge < -0.3 is 10.3 Å². The summed E-state index contributed by atoms with van der Waals surface area (Å²) in [5.74, 6) is 3.05. The van der Waals surface area contributed by atoms with Crippen molar-refractivity contribution in [2.75, 3.05) is 5.32 Å². The molecule has 6 nitrogen and oxygen atoms in total. The number of nitrogens with zero attached hydrogens (tertiary/aromatic N) is 3. The van der Waals surface area contributed by atoms with Crippen molar-refractivity contribution in [1.82, 2.24) is 19.7 Å².